The molecule has 0 saturated heterocycles. The second-order valence-electron chi connectivity index (χ2n) is 5.77. The zero-order chi connectivity index (χ0) is 15.3. The van der Waals surface area contributed by atoms with E-state index in [-0.39, 0.29) is 5.54 Å². The fourth-order valence-corrected chi connectivity index (χ4v) is 3.21. The van der Waals surface area contributed by atoms with Crippen LogP contribution in [0.2, 0.25) is 0 Å². The number of nitriles is 1. The van der Waals surface area contributed by atoms with Crippen LogP contribution in [-0.2, 0) is 12.1 Å². The summed E-state index contributed by atoms with van der Waals surface area (Å²) in [6.45, 7) is 0.539. The molecular formula is C16H20N6. The third-order valence-corrected chi connectivity index (χ3v) is 4.26. The summed E-state index contributed by atoms with van der Waals surface area (Å²) in [5.41, 5.74) is 0.845. The van der Waals surface area contributed by atoms with Crippen LogP contribution in [-0.4, -0.2) is 20.2 Å². The van der Waals surface area contributed by atoms with E-state index >= 15 is 0 Å². The lowest BCUT2D eigenvalue weighted by Gasteiger charge is -2.37. The number of aromatic nitrogens is 4. The minimum Gasteiger partial charge on any atom is -0.373 e. The molecular weight excluding hydrogens is 276 g/mol. The van der Waals surface area contributed by atoms with Crippen LogP contribution in [0.1, 0.15) is 44.3 Å². The van der Waals surface area contributed by atoms with Crippen LogP contribution >= 0.6 is 0 Å². The van der Waals surface area contributed by atoms with Gasteiger partial charge >= 0.3 is 0 Å². The summed E-state index contributed by atoms with van der Waals surface area (Å²) in [5, 5.41) is 24.7. The molecule has 1 saturated carbocycles. The van der Waals surface area contributed by atoms with E-state index < -0.39 is 0 Å². The first-order chi connectivity index (χ1) is 10.8. The molecule has 1 aliphatic rings. The van der Waals surface area contributed by atoms with E-state index in [1.165, 1.54) is 6.42 Å². The average molecular weight is 296 g/mol. The largest absolute Gasteiger partial charge is 0.373 e. The molecule has 1 aromatic carbocycles. The summed E-state index contributed by atoms with van der Waals surface area (Å²) >= 11 is 0. The van der Waals surface area contributed by atoms with E-state index in [4.69, 9.17) is 5.26 Å². The molecule has 1 heterocycles. The molecule has 1 aliphatic carbocycles. The molecule has 0 aliphatic heterocycles. The van der Waals surface area contributed by atoms with Gasteiger partial charge in [0.1, 0.15) is 0 Å². The molecule has 6 nitrogen and oxygen atoms in total. The van der Waals surface area contributed by atoms with Crippen molar-refractivity contribution in [3.05, 3.63) is 36.2 Å². The minimum absolute atomic E-state index is 0.238. The zero-order valence-electron chi connectivity index (χ0n) is 12.6. The predicted molar refractivity (Wildman–Crippen MR) is 82.9 cm³/mol. The Morgan fingerprint density at radius 2 is 1.95 bits per heavy atom. The first-order valence-corrected chi connectivity index (χ1v) is 7.81. The number of benzene rings is 1. The predicted octanol–water partition coefficient (Wildman–Crippen LogP) is 2.86. The maximum Gasteiger partial charge on any atom is 0.176 e. The number of hydrogen-bond acceptors (Lipinski definition) is 5. The van der Waals surface area contributed by atoms with E-state index in [0.717, 1.165) is 37.2 Å². The third kappa shape index (κ3) is 2.93. The van der Waals surface area contributed by atoms with Crippen molar-refractivity contribution in [3.63, 3.8) is 0 Å². The number of aryl methyl sites for hydroxylation is 1. The highest BCUT2D eigenvalue weighted by molar-refractivity contribution is 5.46. The minimum atomic E-state index is -0.238. The highest BCUT2D eigenvalue weighted by atomic mass is 15.5. The molecule has 0 atom stereocenters. The number of nitrogens with one attached hydrogen (secondary N) is 1. The molecule has 0 unspecified atom stereocenters. The summed E-state index contributed by atoms with van der Waals surface area (Å²) in [6, 6.07) is 12.4. The number of anilines is 1. The Balaban J connectivity index is 1.92. The van der Waals surface area contributed by atoms with Crippen molar-refractivity contribution in [2.24, 2.45) is 0 Å². The van der Waals surface area contributed by atoms with E-state index in [9.17, 15) is 0 Å². The van der Waals surface area contributed by atoms with Crippen LogP contribution in [0.4, 0.5) is 5.69 Å². The van der Waals surface area contributed by atoms with Gasteiger partial charge in [-0.15, -0.1) is 5.10 Å². The van der Waals surface area contributed by atoms with Crippen molar-refractivity contribution >= 4 is 5.69 Å². The first-order valence-electron chi connectivity index (χ1n) is 7.81. The van der Waals surface area contributed by atoms with Crippen LogP contribution in [0.5, 0.6) is 0 Å². The summed E-state index contributed by atoms with van der Waals surface area (Å²) in [5.74, 6) is 0.853. The van der Waals surface area contributed by atoms with Gasteiger partial charge in [0.15, 0.2) is 5.82 Å². The molecule has 1 N–H and O–H groups in total. The van der Waals surface area contributed by atoms with E-state index in [2.05, 4.69) is 39.0 Å². The highest BCUT2D eigenvalue weighted by Crippen LogP contribution is 2.38. The Morgan fingerprint density at radius 3 is 2.68 bits per heavy atom. The van der Waals surface area contributed by atoms with Crippen LogP contribution in [0.3, 0.4) is 0 Å². The Morgan fingerprint density at radius 1 is 1.18 bits per heavy atom. The van der Waals surface area contributed by atoms with Crippen LogP contribution < -0.4 is 5.32 Å². The van der Waals surface area contributed by atoms with Gasteiger partial charge in [-0.3, -0.25) is 0 Å². The van der Waals surface area contributed by atoms with Crippen LogP contribution in [0.25, 0.3) is 0 Å². The molecule has 0 amide bonds. The molecule has 2 aromatic rings. The maximum absolute atomic E-state index is 8.82. The molecule has 114 valence electrons. The van der Waals surface area contributed by atoms with E-state index in [1.807, 2.05) is 18.2 Å². The van der Waals surface area contributed by atoms with Crippen molar-refractivity contribution in [2.75, 3.05) is 5.32 Å². The number of tetrazole rings is 1. The van der Waals surface area contributed by atoms with Crippen LogP contribution in [0.15, 0.2) is 30.3 Å². The summed E-state index contributed by atoms with van der Waals surface area (Å²) in [4.78, 5) is 0. The third-order valence-electron chi connectivity index (χ3n) is 4.26. The van der Waals surface area contributed by atoms with Crippen molar-refractivity contribution in [3.8, 4) is 6.07 Å². The van der Waals surface area contributed by atoms with Gasteiger partial charge < -0.3 is 5.32 Å². The van der Waals surface area contributed by atoms with Crippen LogP contribution in [0, 0.1) is 11.3 Å². The maximum atomic E-state index is 8.82. The standard InChI is InChI=1S/C16H20N6/c17-12-7-13-22-15(19-20-21-22)16(10-5-2-6-11-16)18-14-8-3-1-4-9-14/h1,3-4,8-9,18H,2,5-7,10-11,13H2. The summed E-state index contributed by atoms with van der Waals surface area (Å²) in [7, 11) is 0. The second-order valence-corrected chi connectivity index (χ2v) is 5.77. The van der Waals surface area contributed by atoms with Gasteiger partial charge in [-0.2, -0.15) is 5.26 Å². The van der Waals surface area contributed by atoms with Gasteiger partial charge in [-0.25, -0.2) is 4.68 Å². The first kappa shape index (κ1) is 14.5. The smallest absolute Gasteiger partial charge is 0.176 e. The lowest BCUT2D eigenvalue weighted by molar-refractivity contribution is 0.300. The fraction of sp³-hybridized carbons (Fsp3) is 0.500. The van der Waals surface area contributed by atoms with Gasteiger partial charge in [0.2, 0.25) is 0 Å². The van der Waals surface area contributed by atoms with Gasteiger partial charge in [0.25, 0.3) is 0 Å². The molecule has 1 aromatic heterocycles. The van der Waals surface area contributed by atoms with Gasteiger partial charge in [0, 0.05) is 5.69 Å². The average Bonchev–Trinajstić information content (AvgIpc) is 3.04. The highest BCUT2D eigenvalue weighted by Gasteiger charge is 2.38. The number of rotatable bonds is 5. The lowest BCUT2D eigenvalue weighted by atomic mass is 9.80. The van der Waals surface area contributed by atoms with E-state index in [0.29, 0.717) is 13.0 Å². The van der Waals surface area contributed by atoms with E-state index in [1.54, 1.807) is 4.68 Å². The summed E-state index contributed by atoms with van der Waals surface area (Å²) < 4.78 is 1.78. The fourth-order valence-electron chi connectivity index (χ4n) is 3.21. The Kier molecular flexibility index (Phi) is 4.33. The Labute approximate surface area is 130 Å². The lowest BCUT2D eigenvalue weighted by Crippen LogP contribution is -2.40. The number of hydrogen-bond donors (Lipinski definition) is 1. The van der Waals surface area contributed by atoms with Gasteiger partial charge in [-0.05, 0) is 35.4 Å². The van der Waals surface area contributed by atoms with Crippen molar-refractivity contribution in [1.82, 2.24) is 20.2 Å². The number of nitrogens with zero attached hydrogens (tertiary/aromatic N) is 5. The monoisotopic (exact) mass is 296 g/mol. The SMILES string of the molecule is N#CCCn1nnnc1C1(Nc2ccccc2)CCCCC1. The van der Waals surface area contributed by atoms with Crippen molar-refractivity contribution in [2.45, 2.75) is 50.6 Å². The van der Waals surface area contributed by atoms with Gasteiger partial charge in [0.05, 0.1) is 24.6 Å². The molecule has 3 rings (SSSR count). The molecule has 1 fully saturated rings. The Bertz CT molecular complexity index is 636. The topological polar surface area (TPSA) is 79.4 Å². The second kappa shape index (κ2) is 6.56. The van der Waals surface area contributed by atoms with Gasteiger partial charge in [-0.1, -0.05) is 37.5 Å². The van der Waals surface area contributed by atoms with Crippen molar-refractivity contribution in [1.29, 1.82) is 5.26 Å². The molecule has 0 spiro atoms. The molecule has 6 heteroatoms. The summed E-state index contributed by atoms with van der Waals surface area (Å²) in [6.07, 6.45) is 6.00. The quantitative estimate of drug-likeness (QED) is 0.917. The normalized spacial score (nSPS) is 16.9. The molecule has 0 radical (unpaired) electrons. The molecule has 22 heavy (non-hydrogen) atoms. The number of para-hydroxylation sites is 1. The van der Waals surface area contributed by atoms with Crippen molar-refractivity contribution < 1.29 is 0 Å². The molecule has 0 bridgehead atoms. The Hall–Kier alpha value is -2.42. The zero-order valence-corrected chi connectivity index (χ0v) is 12.6.